The Kier molecular flexibility index (Phi) is 19.1. The molecule has 7 nitrogen and oxygen atoms in total. The Bertz CT molecular complexity index is 848. The maximum atomic E-state index is 11.8. The van der Waals surface area contributed by atoms with Crippen molar-refractivity contribution in [2.24, 2.45) is 0 Å². The average molecular weight is 525 g/mol. The molecule has 0 spiro atoms. The SMILES string of the molecule is C=C(C)C(=O)OCCOC(=O)C(=C)C.CCCCCCCCCCCCS(=O)(=O)Oc1ccccc1. The molecule has 0 aliphatic carbocycles. The first-order chi connectivity index (χ1) is 17.1. The molecule has 0 amide bonds. The lowest BCUT2D eigenvalue weighted by Crippen LogP contribution is -2.14. The summed E-state index contributed by atoms with van der Waals surface area (Å²) in [6.45, 7) is 12.2. The normalized spacial score (nSPS) is 10.5. The molecule has 8 heteroatoms. The van der Waals surface area contributed by atoms with Gasteiger partial charge in [-0.25, -0.2) is 9.59 Å². The third-order valence-corrected chi connectivity index (χ3v) is 6.20. The van der Waals surface area contributed by atoms with Crippen LogP contribution in [0.1, 0.15) is 85.0 Å². The fourth-order valence-corrected chi connectivity index (χ4v) is 3.99. The minimum atomic E-state index is -3.44. The number of unbranched alkanes of at least 4 members (excludes halogenated alkanes) is 9. The Labute approximate surface area is 218 Å². The number of para-hydroxylation sites is 1. The van der Waals surface area contributed by atoms with E-state index in [1.165, 1.54) is 44.9 Å². The number of hydrogen-bond donors (Lipinski definition) is 0. The summed E-state index contributed by atoms with van der Waals surface area (Å²) in [5, 5.41) is 0. The zero-order valence-corrected chi connectivity index (χ0v) is 23.1. The second-order valence-corrected chi connectivity index (χ2v) is 10.4. The molecule has 0 N–H and O–H groups in total. The predicted octanol–water partition coefficient (Wildman–Crippen LogP) is 6.54. The van der Waals surface area contributed by atoms with Gasteiger partial charge in [0.25, 0.3) is 0 Å². The van der Waals surface area contributed by atoms with E-state index in [1.54, 1.807) is 38.1 Å². The van der Waals surface area contributed by atoms with Crippen molar-refractivity contribution in [2.45, 2.75) is 85.0 Å². The molecule has 0 fully saturated rings. The van der Waals surface area contributed by atoms with Gasteiger partial charge in [-0.15, -0.1) is 0 Å². The molecule has 1 rings (SSSR count). The van der Waals surface area contributed by atoms with E-state index in [1.807, 2.05) is 6.07 Å². The monoisotopic (exact) mass is 524 g/mol. The topological polar surface area (TPSA) is 96.0 Å². The summed E-state index contributed by atoms with van der Waals surface area (Å²) < 4.78 is 38.1. The van der Waals surface area contributed by atoms with Crippen molar-refractivity contribution < 1.29 is 31.7 Å². The van der Waals surface area contributed by atoms with Crippen LogP contribution in [0.15, 0.2) is 54.6 Å². The molecule has 0 aliphatic rings. The molecule has 36 heavy (non-hydrogen) atoms. The summed E-state index contributed by atoms with van der Waals surface area (Å²) >= 11 is 0. The standard InChI is InChI=1S/C18H30O3S.C10H14O4/c1-2-3-4-5-6-7-8-9-10-14-17-22(19,20)21-18-15-12-11-13-16-18;1-7(2)9(11)13-5-6-14-10(12)8(3)4/h11-13,15-16H,2-10,14,17H2,1H3;1,3,5-6H2,2,4H3. The molecule has 0 aliphatic heterocycles. The molecular formula is C28H44O7S. The van der Waals surface area contributed by atoms with Crippen LogP contribution in [0, 0.1) is 0 Å². The van der Waals surface area contributed by atoms with Gasteiger partial charge in [-0.3, -0.25) is 0 Å². The number of carbonyl (C=O) groups excluding carboxylic acids is 2. The van der Waals surface area contributed by atoms with E-state index in [-0.39, 0.29) is 19.0 Å². The van der Waals surface area contributed by atoms with Crippen LogP contribution < -0.4 is 4.18 Å². The van der Waals surface area contributed by atoms with Crippen LogP contribution in [0.3, 0.4) is 0 Å². The van der Waals surface area contributed by atoms with Crippen molar-refractivity contribution in [2.75, 3.05) is 19.0 Å². The van der Waals surface area contributed by atoms with Crippen molar-refractivity contribution in [1.29, 1.82) is 0 Å². The average Bonchev–Trinajstić information content (AvgIpc) is 2.83. The molecule has 0 saturated heterocycles. The number of ether oxygens (including phenoxy) is 2. The highest BCUT2D eigenvalue weighted by molar-refractivity contribution is 7.87. The molecule has 0 heterocycles. The molecule has 1 aromatic rings. The largest absolute Gasteiger partial charge is 0.459 e. The molecule has 0 radical (unpaired) electrons. The van der Waals surface area contributed by atoms with Crippen LogP contribution >= 0.6 is 0 Å². The van der Waals surface area contributed by atoms with E-state index >= 15 is 0 Å². The third-order valence-electron chi connectivity index (χ3n) is 4.96. The highest BCUT2D eigenvalue weighted by atomic mass is 32.2. The number of hydrogen-bond acceptors (Lipinski definition) is 7. The van der Waals surface area contributed by atoms with Crippen molar-refractivity contribution in [3.05, 3.63) is 54.6 Å². The maximum absolute atomic E-state index is 11.8. The van der Waals surface area contributed by atoms with Gasteiger partial charge in [-0.05, 0) is 32.4 Å². The van der Waals surface area contributed by atoms with Crippen LogP contribution in [0.4, 0.5) is 0 Å². The van der Waals surface area contributed by atoms with Crippen molar-refractivity contribution >= 4 is 22.1 Å². The minimum absolute atomic E-state index is 0.0325. The van der Waals surface area contributed by atoms with E-state index in [2.05, 4.69) is 29.6 Å². The highest BCUT2D eigenvalue weighted by Gasteiger charge is 2.12. The van der Waals surface area contributed by atoms with Gasteiger partial charge in [0.15, 0.2) is 0 Å². The Morgan fingerprint density at radius 2 is 1.14 bits per heavy atom. The van der Waals surface area contributed by atoms with Crippen molar-refractivity contribution in [1.82, 2.24) is 0 Å². The van der Waals surface area contributed by atoms with Gasteiger partial charge in [-0.2, -0.15) is 8.42 Å². The Morgan fingerprint density at radius 1 is 0.722 bits per heavy atom. The van der Waals surface area contributed by atoms with E-state index in [0.717, 1.165) is 12.8 Å². The summed E-state index contributed by atoms with van der Waals surface area (Å²) in [6, 6.07) is 8.70. The Morgan fingerprint density at radius 3 is 1.56 bits per heavy atom. The van der Waals surface area contributed by atoms with E-state index < -0.39 is 22.1 Å². The summed E-state index contributed by atoms with van der Waals surface area (Å²) in [5.41, 5.74) is 0.632. The third kappa shape index (κ3) is 19.7. The number of esters is 2. The fraction of sp³-hybridized carbons (Fsp3) is 0.571. The number of benzene rings is 1. The second kappa shape index (κ2) is 20.6. The minimum Gasteiger partial charge on any atom is -0.459 e. The lowest BCUT2D eigenvalue weighted by molar-refractivity contribution is -0.147. The maximum Gasteiger partial charge on any atom is 0.333 e. The van der Waals surface area contributed by atoms with Crippen molar-refractivity contribution in [3.63, 3.8) is 0 Å². The molecule has 1 aromatic carbocycles. The fourth-order valence-electron chi connectivity index (χ4n) is 2.95. The molecule has 204 valence electrons. The molecule has 0 saturated carbocycles. The highest BCUT2D eigenvalue weighted by Crippen LogP contribution is 2.14. The summed E-state index contributed by atoms with van der Waals surface area (Å²) in [4.78, 5) is 21.7. The van der Waals surface area contributed by atoms with Gasteiger partial charge in [0.05, 0.1) is 5.75 Å². The van der Waals surface area contributed by atoms with E-state index in [0.29, 0.717) is 23.3 Å². The quantitative estimate of drug-likeness (QED) is 0.0931. The molecule has 0 aromatic heterocycles. The van der Waals surface area contributed by atoms with Crippen LogP contribution in [0.2, 0.25) is 0 Å². The summed E-state index contributed by atoms with van der Waals surface area (Å²) in [5.74, 6) is -0.472. The van der Waals surface area contributed by atoms with Crippen LogP contribution in [-0.2, 0) is 29.2 Å². The van der Waals surface area contributed by atoms with Gasteiger partial charge in [0, 0.05) is 11.1 Å². The van der Waals surface area contributed by atoms with E-state index in [4.69, 9.17) is 4.18 Å². The van der Waals surface area contributed by atoms with Gasteiger partial charge in [0.1, 0.15) is 19.0 Å². The smallest absolute Gasteiger partial charge is 0.333 e. The zero-order valence-electron chi connectivity index (χ0n) is 22.3. The van der Waals surface area contributed by atoms with Gasteiger partial charge >= 0.3 is 22.1 Å². The lowest BCUT2D eigenvalue weighted by atomic mass is 10.1. The number of carbonyl (C=O) groups is 2. The Balaban J connectivity index is 0.000000757. The second-order valence-electron chi connectivity index (χ2n) is 8.67. The van der Waals surface area contributed by atoms with Crippen LogP contribution in [0.5, 0.6) is 5.75 Å². The van der Waals surface area contributed by atoms with Gasteiger partial charge in [-0.1, -0.05) is 96.1 Å². The molecule has 0 atom stereocenters. The first-order valence-electron chi connectivity index (χ1n) is 12.7. The molecule has 0 unspecified atom stereocenters. The van der Waals surface area contributed by atoms with Gasteiger partial charge < -0.3 is 13.7 Å². The van der Waals surface area contributed by atoms with E-state index in [9.17, 15) is 18.0 Å². The van der Waals surface area contributed by atoms with Crippen molar-refractivity contribution in [3.8, 4) is 5.75 Å². The lowest BCUT2D eigenvalue weighted by Gasteiger charge is -2.06. The number of rotatable bonds is 18. The van der Waals surface area contributed by atoms with Gasteiger partial charge in [0.2, 0.25) is 0 Å². The first kappa shape index (κ1) is 33.4. The molecular weight excluding hydrogens is 480 g/mol. The van der Waals surface area contributed by atoms with Crippen LogP contribution in [-0.4, -0.2) is 39.3 Å². The van der Waals surface area contributed by atoms with Crippen LogP contribution in [0.25, 0.3) is 0 Å². The molecule has 0 bridgehead atoms. The summed E-state index contributed by atoms with van der Waals surface area (Å²) in [7, 11) is -3.44. The Hall–Kier alpha value is -2.61. The predicted molar refractivity (Wildman–Crippen MR) is 144 cm³/mol. The summed E-state index contributed by atoms with van der Waals surface area (Å²) in [6.07, 6.45) is 11.9. The first-order valence-corrected chi connectivity index (χ1v) is 14.3. The zero-order chi connectivity index (χ0) is 27.2.